The van der Waals surface area contributed by atoms with Gasteiger partial charge in [-0.1, -0.05) is 16.8 Å². The number of aromatic amines is 1. The number of anilines is 1. The van der Waals surface area contributed by atoms with E-state index in [1.54, 1.807) is 13.8 Å². The molecule has 2 fully saturated rings. The van der Waals surface area contributed by atoms with Crippen LogP contribution in [0.4, 0.5) is 10.5 Å². The molecule has 34 heavy (non-hydrogen) atoms. The molecule has 0 radical (unpaired) electrons. The number of hydrogen-bond acceptors (Lipinski definition) is 9. The van der Waals surface area contributed by atoms with E-state index >= 15 is 0 Å². The van der Waals surface area contributed by atoms with Gasteiger partial charge in [-0.25, -0.2) is 23.0 Å². The second-order valence-electron chi connectivity index (χ2n) is 8.63. The first-order chi connectivity index (χ1) is 16.1. The third-order valence-electron chi connectivity index (χ3n) is 6.14. The minimum absolute atomic E-state index is 0.0573. The number of H-pyrrole nitrogens is 1. The minimum Gasteiger partial charge on any atom is -0.444 e. The molecule has 0 spiro atoms. The van der Waals surface area contributed by atoms with Crippen molar-refractivity contribution < 1.29 is 22.5 Å². The highest BCUT2D eigenvalue weighted by molar-refractivity contribution is 7.89. The standard InChI is InChI=1S/C20H27ClN6O6S/c1-11-18(12(2)33-25-11)34(30,31)26-14-5-3-13(4-6-14)23-20(29)32-15-7-8-27(10-15)16-9-22-24-19(28)17(16)21/h9,13-15,26H,3-8,10H2,1-2H3,(H,23,29)(H,24,28)/t13-,14-,15-/m1/s1. The van der Waals surface area contributed by atoms with Crippen molar-refractivity contribution in [2.24, 2.45) is 0 Å². The van der Waals surface area contributed by atoms with Crippen molar-refractivity contribution in [2.45, 2.75) is 69.0 Å². The highest BCUT2D eigenvalue weighted by atomic mass is 35.5. The Bertz CT molecular complexity index is 1190. The molecule has 2 aliphatic rings. The van der Waals surface area contributed by atoms with Crippen molar-refractivity contribution in [1.29, 1.82) is 0 Å². The van der Waals surface area contributed by atoms with Crippen LogP contribution in [0.25, 0.3) is 0 Å². The summed E-state index contributed by atoms with van der Waals surface area (Å²) in [4.78, 5) is 26.0. The van der Waals surface area contributed by atoms with Crippen LogP contribution >= 0.6 is 11.6 Å². The van der Waals surface area contributed by atoms with Crippen LogP contribution in [-0.2, 0) is 14.8 Å². The largest absolute Gasteiger partial charge is 0.444 e. The van der Waals surface area contributed by atoms with Crippen LogP contribution in [0.15, 0.2) is 20.4 Å². The summed E-state index contributed by atoms with van der Waals surface area (Å²) in [5, 5.41) is 12.7. The molecule has 1 aliphatic heterocycles. The predicted octanol–water partition coefficient (Wildman–Crippen LogP) is 1.62. The quantitative estimate of drug-likeness (QED) is 0.520. The van der Waals surface area contributed by atoms with Gasteiger partial charge in [0.2, 0.25) is 10.0 Å². The maximum Gasteiger partial charge on any atom is 0.407 e. The average Bonchev–Trinajstić information content (AvgIpc) is 3.37. The van der Waals surface area contributed by atoms with E-state index in [1.165, 1.54) is 6.20 Å². The lowest BCUT2D eigenvalue weighted by molar-refractivity contribution is 0.102. The third-order valence-corrected chi connectivity index (χ3v) is 8.27. The SMILES string of the molecule is Cc1noc(C)c1S(=O)(=O)N[C@H]1CC[C@H](NC(=O)O[C@@H]2CCN(c3cn[nH]c(=O)c3Cl)C2)CC1. The number of rotatable bonds is 6. The number of aryl methyl sites for hydroxylation is 2. The molecule has 0 aromatic carbocycles. The molecular weight excluding hydrogens is 488 g/mol. The van der Waals surface area contributed by atoms with Crippen LogP contribution < -0.4 is 20.5 Å². The molecule has 1 atom stereocenters. The van der Waals surface area contributed by atoms with E-state index in [4.69, 9.17) is 20.9 Å². The minimum atomic E-state index is -3.73. The molecule has 186 valence electrons. The van der Waals surface area contributed by atoms with Gasteiger partial charge in [0, 0.05) is 25.0 Å². The van der Waals surface area contributed by atoms with Crippen LogP contribution in [0.5, 0.6) is 0 Å². The first-order valence-electron chi connectivity index (χ1n) is 11.0. The number of hydrogen-bond donors (Lipinski definition) is 3. The highest BCUT2D eigenvalue weighted by Gasteiger charge is 2.32. The molecule has 4 rings (SSSR count). The van der Waals surface area contributed by atoms with Gasteiger partial charge in [-0.15, -0.1) is 0 Å². The molecule has 1 aliphatic carbocycles. The first-order valence-corrected chi connectivity index (χ1v) is 12.9. The topological polar surface area (TPSA) is 160 Å². The maximum atomic E-state index is 12.7. The van der Waals surface area contributed by atoms with Gasteiger partial charge in [0.25, 0.3) is 5.56 Å². The van der Waals surface area contributed by atoms with E-state index in [1.807, 2.05) is 4.90 Å². The normalized spacial score (nSPS) is 23.1. The van der Waals surface area contributed by atoms with E-state index in [0.29, 0.717) is 56.6 Å². The summed E-state index contributed by atoms with van der Waals surface area (Å²) in [5.74, 6) is 0.256. The third kappa shape index (κ3) is 5.36. The fraction of sp³-hybridized carbons (Fsp3) is 0.600. The van der Waals surface area contributed by atoms with E-state index in [2.05, 4.69) is 25.4 Å². The number of aromatic nitrogens is 3. The molecule has 14 heteroatoms. The van der Waals surface area contributed by atoms with E-state index in [0.717, 1.165) is 0 Å². The number of amides is 1. The Labute approximate surface area is 201 Å². The van der Waals surface area contributed by atoms with Gasteiger partial charge in [0.05, 0.1) is 18.4 Å². The molecule has 3 heterocycles. The molecule has 2 aromatic rings. The van der Waals surface area contributed by atoms with E-state index in [9.17, 15) is 18.0 Å². The zero-order valence-corrected chi connectivity index (χ0v) is 20.4. The van der Waals surface area contributed by atoms with Gasteiger partial charge < -0.3 is 19.5 Å². The first kappa shape index (κ1) is 24.5. The van der Waals surface area contributed by atoms with Gasteiger partial charge >= 0.3 is 6.09 Å². The van der Waals surface area contributed by atoms with Crippen molar-refractivity contribution in [3.05, 3.63) is 33.0 Å². The number of sulfonamides is 1. The maximum absolute atomic E-state index is 12.7. The Hall–Kier alpha value is -2.64. The molecule has 3 N–H and O–H groups in total. The summed E-state index contributed by atoms with van der Waals surface area (Å²) < 4.78 is 38.6. The van der Waals surface area contributed by atoms with Gasteiger partial charge in [0.1, 0.15) is 21.7 Å². The van der Waals surface area contributed by atoms with Crippen LogP contribution in [0, 0.1) is 13.8 Å². The number of carbonyl (C=O) groups is 1. The van der Waals surface area contributed by atoms with E-state index < -0.39 is 21.7 Å². The van der Waals surface area contributed by atoms with Crippen LogP contribution in [-0.4, -0.2) is 61.1 Å². The number of ether oxygens (including phenoxy) is 1. The Balaban J connectivity index is 1.23. The van der Waals surface area contributed by atoms with Gasteiger partial charge in [0.15, 0.2) is 5.76 Å². The van der Waals surface area contributed by atoms with Crippen molar-refractivity contribution in [1.82, 2.24) is 25.4 Å². The summed E-state index contributed by atoms with van der Waals surface area (Å²) in [5.41, 5.74) is 0.367. The smallest absolute Gasteiger partial charge is 0.407 e. The summed E-state index contributed by atoms with van der Waals surface area (Å²) in [6.07, 6.45) is 3.63. The van der Waals surface area contributed by atoms with E-state index in [-0.39, 0.29) is 33.9 Å². The zero-order chi connectivity index (χ0) is 24.5. The summed E-state index contributed by atoms with van der Waals surface area (Å²) in [7, 11) is -3.73. The average molecular weight is 515 g/mol. The van der Waals surface area contributed by atoms with Gasteiger partial charge in [-0.05, 0) is 39.5 Å². The van der Waals surface area contributed by atoms with Crippen molar-refractivity contribution >= 4 is 33.4 Å². The van der Waals surface area contributed by atoms with Crippen molar-refractivity contribution in [3.63, 3.8) is 0 Å². The molecule has 2 aromatic heterocycles. The summed E-state index contributed by atoms with van der Waals surface area (Å²) in [6.45, 7) is 4.15. The predicted molar refractivity (Wildman–Crippen MR) is 122 cm³/mol. The number of nitrogens with zero attached hydrogens (tertiary/aromatic N) is 3. The summed E-state index contributed by atoms with van der Waals surface area (Å²) >= 11 is 6.06. The van der Waals surface area contributed by atoms with Crippen LogP contribution in [0.1, 0.15) is 43.6 Å². The monoisotopic (exact) mass is 514 g/mol. The second-order valence-corrected chi connectivity index (χ2v) is 10.7. The zero-order valence-electron chi connectivity index (χ0n) is 18.8. The number of nitrogens with one attached hydrogen (secondary N) is 3. The Morgan fingerprint density at radius 2 is 1.94 bits per heavy atom. The van der Waals surface area contributed by atoms with Gasteiger partial charge in [-0.2, -0.15) is 5.10 Å². The molecular formula is C20H27ClN6O6S. The number of halogens is 1. The molecule has 12 nitrogen and oxygen atoms in total. The lowest BCUT2D eigenvalue weighted by atomic mass is 9.92. The molecule has 1 saturated carbocycles. The Morgan fingerprint density at radius 1 is 1.24 bits per heavy atom. The van der Waals surface area contributed by atoms with Gasteiger partial charge in [-0.3, -0.25) is 4.79 Å². The lowest BCUT2D eigenvalue weighted by Gasteiger charge is -2.29. The van der Waals surface area contributed by atoms with Crippen molar-refractivity contribution in [2.75, 3.05) is 18.0 Å². The van der Waals surface area contributed by atoms with Crippen LogP contribution in [0.3, 0.4) is 0 Å². The Morgan fingerprint density at radius 3 is 2.62 bits per heavy atom. The number of alkyl carbamates (subject to hydrolysis) is 1. The fourth-order valence-corrected chi connectivity index (χ4v) is 6.33. The molecule has 1 saturated heterocycles. The fourth-order valence-electron chi connectivity index (χ4n) is 4.48. The molecule has 1 amide bonds. The number of carbonyl (C=O) groups excluding carboxylic acids is 1. The molecule has 0 bridgehead atoms. The lowest BCUT2D eigenvalue weighted by Crippen LogP contribution is -2.44. The second kappa shape index (κ2) is 9.92. The highest BCUT2D eigenvalue weighted by Crippen LogP contribution is 2.26. The summed E-state index contributed by atoms with van der Waals surface area (Å²) in [6, 6.07) is -0.334. The molecule has 0 unspecified atom stereocenters. The van der Waals surface area contributed by atoms with Crippen molar-refractivity contribution in [3.8, 4) is 0 Å². The Kier molecular flexibility index (Phi) is 7.14. The van der Waals surface area contributed by atoms with Crippen LogP contribution in [0.2, 0.25) is 5.02 Å².